The molecule has 1 heterocycles. The molecule has 19 heavy (non-hydrogen) atoms. The second kappa shape index (κ2) is 5.28. The number of benzene rings is 1. The fourth-order valence-corrected chi connectivity index (χ4v) is 4.01. The molecule has 0 bridgehead atoms. The zero-order valence-electron chi connectivity index (χ0n) is 10.7. The van der Waals surface area contributed by atoms with Gasteiger partial charge in [-0.1, -0.05) is 18.2 Å². The molecular weight excluding hydrogens is 266 g/mol. The molecular formula is C12H17N3O3S. The number of rotatable bonds is 3. The van der Waals surface area contributed by atoms with Gasteiger partial charge >= 0.3 is 0 Å². The first-order valence-corrected chi connectivity index (χ1v) is 7.46. The Morgan fingerprint density at radius 3 is 2.74 bits per heavy atom. The third-order valence-corrected chi connectivity index (χ3v) is 5.27. The second-order valence-corrected chi connectivity index (χ2v) is 6.36. The molecule has 3 N–H and O–H groups in total. The van der Waals surface area contributed by atoms with Crippen molar-refractivity contribution in [3.8, 4) is 0 Å². The molecule has 7 heteroatoms. The smallest absolute Gasteiger partial charge is 0.244 e. The molecule has 1 aliphatic rings. The molecule has 1 atom stereocenters. The Hall–Kier alpha value is -1.44. The molecule has 1 aromatic carbocycles. The SMILES string of the molecule is Cc1ccccc1S(=O)(=O)N1CCNCC1C(N)=O. The second-order valence-electron chi connectivity index (χ2n) is 4.50. The van der Waals surface area contributed by atoms with Gasteiger partial charge in [-0.05, 0) is 18.6 Å². The molecule has 1 aromatic rings. The van der Waals surface area contributed by atoms with E-state index in [2.05, 4.69) is 5.32 Å². The summed E-state index contributed by atoms with van der Waals surface area (Å²) >= 11 is 0. The Kier molecular flexibility index (Phi) is 3.88. The third kappa shape index (κ3) is 2.63. The van der Waals surface area contributed by atoms with Crippen LogP contribution in [0.4, 0.5) is 0 Å². The molecule has 104 valence electrons. The van der Waals surface area contributed by atoms with Crippen LogP contribution in [0.15, 0.2) is 29.2 Å². The van der Waals surface area contributed by atoms with Crippen molar-refractivity contribution < 1.29 is 13.2 Å². The lowest BCUT2D eigenvalue weighted by Gasteiger charge is -2.33. The van der Waals surface area contributed by atoms with Gasteiger partial charge in [-0.2, -0.15) is 4.31 Å². The molecule has 1 fully saturated rings. The van der Waals surface area contributed by atoms with Gasteiger partial charge < -0.3 is 11.1 Å². The molecule has 0 aromatic heterocycles. The number of piperazine rings is 1. The van der Waals surface area contributed by atoms with Gasteiger partial charge in [0.2, 0.25) is 15.9 Å². The number of aryl methyl sites for hydroxylation is 1. The topological polar surface area (TPSA) is 92.5 Å². The van der Waals surface area contributed by atoms with Crippen LogP contribution >= 0.6 is 0 Å². The van der Waals surface area contributed by atoms with Gasteiger partial charge in [-0.3, -0.25) is 4.79 Å². The number of hydrogen-bond acceptors (Lipinski definition) is 4. The number of nitrogens with two attached hydrogens (primary N) is 1. The highest BCUT2D eigenvalue weighted by Gasteiger charge is 2.37. The maximum Gasteiger partial charge on any atom is 0.244 e. The van der Waals surface area contributed by atoms with Crippen LogP contribution in [0.5, 0.6) is 0 Å². The van der Waals surface area contributed by atoms with Gasteiger partial charge in [0.1, 0.15) is 6.04 Å². The van der Waals surface area contributed by atoms with Gasteiger partial charge in [0.05, 0.1) is 4.90 Å². The van der Waals surface area contributed by atoms with Crippen LogP contribution in [0.2, 0.25) is 0 Å². The zero-order chi connectivity index (χ0) is 14.0. The summed E-state index contributed by atoms with van der Waals surface area (Å²) in [6.45, 7) is 2.73. The van der Waals surface area contributed by atoms with E-state index in [9.17, 15) is 13.2 Å². The van der Waals surface area contributed by atoms with Crippen molar-refractivity contribution in [1.29, 1.82) is 0 Å². The van der Waals surface area contributed by atoms with Crippen molar-refractivity contribution in [3.63, 3.8) is 0 Å². The first-order valence-electron chi connectivity index (χ1n) is 6.02. The predicted molar refractivity (Wildman–Crippen MR) is 70.9 cm³/mol. The fourth-order valence-electron chi connectivity index (χ4n) is 2.19. The summed E-state index contributed by atoms with van der Waals surface area (Å²) in [4.78, 5) is 11.6. The predicted octanol–water partition coefficient (Wildman–Crippen LogP) is -0.557. The van der Waals surface area contributed by atoms with Gasteiger partial charge in [0.15, 0.2) is 0 Å². The van der Waals surface area contributed by atoms with Crippen LogP contribution in [-0.2, 0) is 14.8 Å². The molecule has 1 unspecified atom stereocenters. The Bertz CT molecular complexity index is 586. The Labute approximate surface area is 112 Å². The van der Waals surface area contributed by atoms with Gasteiger partial charge in [0.25, 0.3) is 0 Å². The molecule has 0 saturated carbocycles. The molecule has 2 rings (SSSR count). The minimum absolute atomic E-state index is 0.225. The Morgan fingerprint density at radius 2 is 2.11 bits per heavy atom. The highest BCUT2D eigenvalue weighted by molar-refractivity contribution is 7.89. The lowest BCUT2D eigenvalue weighted by atomic mass is 10.2. The Morgan fingerprint density at radius 1 is 1.42 bits per heavy atom. The molecule has 1 saturated heterocycles. The average molecular weight is 283 g/mol. The highest BCUT2D eigenvalue weighted by Crippen LogP contribution is 2.22. The summed E-state index contributed by atoms with van der Waals surface area (Å²) in [6.07, 6.45) is 0. The Balaban J connectivity index is 2.43. The summed E-state index contributed by atoms with van der Waals surface area (Å²) in [5, 5.41) is 2.98. The van der Waals surface area contributed by atoms with E-state index in [4.69, 9.17) is 5.73 Å². The quantitative estimate of drug-likeness (QED) is 0.778. The van der Waals surface area contributed by atoms with Crippen LogP contribution in [0.1, 0.15) is 5.56 Å². The third-order valence-electron chi connectivity index (χ3n) is 3.20. The number of amides is 1. The molecule has 6 nitrogen and oxygen atoms in total. The van der Waals surface area contributed by atoms with E-state index in [0.29, 0.717) is 12.1 Å². The maximum absolute atomic E-state index is 12.6. The van der Waals surface area contributed by atoms with Crippen LogP contribution in [0.3, 0.4) is 0 Å². The minimum Gasteiger partial charge on any atom is -0.368 e. The molecule has 0 radical (unpaired) electrons. The van der Waals surface area contributed by atoms with Crippen molar-refractivity contribution in [2.45, 2.75) is 17.9 Å². The summed E-state index contributed by atoms with van der Waals surface area (Å²) < 4.78 is 26.4. The highest BCUT2D eigenvalue weighted by atomic mass is 32.2. The number of carbonyl (C=O) groups is 1. The molecule has 1 aliphatic heterocycles. The van der Waals surface area contributed by atoms with E-state index in [1.807, 2.05) is 0 Å². The summed E-state index contributed by atoms with van der Waals surface area (Å²) in [6, 6.07) is 5.89. The van der Waals surface area contributed by atoms with Crippen LogP contribution < -0.4 is 11.1 Å². The molecule has 0 spiro atoms. The zero-order valence-corrected chi connectivity index (χ0v) is 11.5. The first kappa shape index (κ1) is 14.0. The average Bonchev–Trinajstić information content (AvgIpc) is 2.39. The summed E-state index contributed by atoms with van der Waals surface area (Å²) in [7, 11) is -3.69. The van der Waals surface area contributed by atoms with Crippen molar-refractivity contribution in [1.82, 2.24) is 9.62 Å². The largest absolute Gasteiger partial charge is 0.368 e. The maximum atomic E-state index is 12.6. The minimum atomic E-state index is -3.69. The van der Waals surface area contributed by atoms with Gasteiger partial charge in [-0.15, -0.1) is 0 Å². The number of nitrogens with one attached hydrogen (secondary N) is 1. The number of nitrogens with zero attached hydrogens (tertiary/aromatic N) is 1. The number of hydrogen-bond donors (Lipinski definition) is 2. The lowest BCUT2D eigenvalue weighted by molar-refractivity contribution is -0.122. The summed E-state index contributed by atoms with van der Waals surface area (Å²) in [5.74, 6) is -0.635. The number of sulfonamides is 1. The van der Waals surface area contributed by atoms with Crippen LogP contribution in [0, 0.1) is 6.92 Å². The number of primary amides is 1. The van der Waals surface area contributed by atoms with Crippen molar-refractivity contribution in [3.05, 3.63) is 29.8 Å². The van der Waals surface area contributed by atoms with Crippen molar-refractivity contribution >= 4 is 15.9 Å². The van der Waals surface area contributed by atoms with Gasteiger partial charge in [-0.25, -0.2) is 8.42 Å². The first-order chi connectivity index (χ1) is 8.94. The van der Waals surface area contributed by atoms with E-state index in [1.54, 1.807) is 31.2 Å². The van der Waals surface area contributed by atoms with Crippen LogP contribution in [0.25, 0.3) is 0 Å². The molecule has 1 amide bonds. The standard InChI is InChI=1S/C12H17N3O3S/c1-9-4-2-3-5-11(9)19(17,18)15-7-6-14-8-10(15)12(13)16/h2-5,10,14H,6-8H2,1H3,(H2,13,16). The van der Waals surface area contributed by atoms with Crippen molar-refractivity contribution in [2.24, 2.45) is 5.73 Å². The normalized spacial score (nSPS) is 21.2. The van der Waals surface area contributed by atoms with Crippen molar-refractivity contribution in [2.75, 3.05) is 19.6 Å². The lowest BCUT2D eigenvalue weighted by Crippen LogP contribution is -2.58. The fraction of sp³-hybridized carbons (Fsp3) is 0.417. The van der Waals surface area contributed by atoms with Crippen LogP contribution in [-0.4, -0.2) is 44.3 Å². The van der Waals surface area contributed by atoms with Gasteiger partial charge in [0, 0.05) is 19.6 Å². The van der Waals surface area contributed by atoms with E-state index >= 15 is 0 Å². The number of carbonyl (C=O) groups excluding carboxylic acids is 1. The van der Waals surface area contributed by atoms with E-state index in [-0.39, 0.29) is 18.0 Å². The van der Waals surface area contributed by atoms with E-state index in [0.717, 1.165) is 0 Å². The summed E-state index contributed by atoms with van der Waals surface area (Å²) in [5.41, 5.74) is 5.94. The van der Waals surface area contributed by atoms with E-state index in [1.165, 1.54) is 4.31 Å². The van der Waals surface area contributed by atoms with E-state index < -0.39 is 22.0 Å². The molecule has 0 aliphatic carbocycles. The monoisotopic (exact) mass is 283 g/mol.